The molecule has 8 heteroatoms. The van der Waals surface area contributed by atoms with Crippen molar-refractivity contribution in [1.82, 2.24) is 10.4 Å². The molecule has 0 saturated carbocycles. The molecule has 1 aromatic rings. The predicted molar refractivity (Wildman–Crippen MR) is 93.2 cm³/mol. The van der Waals surface area contributed by atoms with Gasteiger partial charge in [-0.3, -0.25) is 10.0 Å². The Labute approximate surface area is 148 Å². The molecule has 1 amide bonds. The van der Waals surface area contributed by atoms with Gasteiger partial charge in [0.05, 0.1) is 11.5 Å². The molecular weight excluding hydrogens is 344 g/mol. The van der Waals surface area contributed by atoms with Gasteiger partial charge in [0.1, 0.15) is 0 Å². The number of benzene rings is 1. The van der Waals surface area contributed by atoms with Crippen LogP contribution in [0.5, 0.6) is 0 Å². The Morgan fingerprint density at radius 3 is 2.40 bits per heavy atom. The van der Waals surface area contributed by atoms with Crippen LogP contribution in [0.3, 0.4) is 0 Å². The number of ether oxygens (including phenoxy) is 1. The SMILES string of the molecule is CCOCCc1ccc(S(=O)(=O)C2(C(=O)NO)CCN(C)CC2)cc1. The highest BCUT2D eigenvalue weighted by Crippen LogP contribution is 2.35. The van der Waals surface area contributed by atoms with Crippen molar-refractivity contribution in [2.24, 2.45) is 0 Å². The van der Waals surface area contributed by atoms with Crippen LogP contribution in [0.1, 0.15) is 25.3 Å². The van der Waals surface area contributed by atoms with Gasteiger partial charge in [-0.25, -0.2) is 13.9 Å². The number of amides is 1. The predicted octanol–water partition coefficient (Wildman–Crippen LogP) is 1.01. The van der Waals surface area contributed by atoms with Crippen molar-refractivity contribution in [3.8, 4) is 0 Å². The standard InChI is InChI=1S/C17H26N2O5S/c1-3-24-13-8-14-4-6-15(7-5-14)25(22,23)17(16(20)18-21)9-11-19(2)12-10-17/h4-7,21H,3,8-13H2,1-2H3,(H,18,20). The van der Waals surface area contributed by atoms with Gasteiger partial charge >= 0.3 is 0 Å². The summed E-state index contributed by atoms with van der Waals surface area (Å²) < 4.78 is 30.0. The van der Waals surface area contributed by atoms with E-state index in [1.807, 2.05) is 18.9 Å². The van der Waals surface area contributed by atoms with E-state index in [1.54, 1.807) is 17.6 Å². The number of rotatable bonds is 7. The van der Waals surface area contributed by atoms with Crippen molar-refractivity contribution in [3.63, 3.8) is 0 Å². The van der Waals surface area contributed by atoms with Gasteiger partial charge in [0.15, 0.2) is 14.6 Å². The second-order valence-corrected chi connectivity index (χ2v) is 8.59. The molecule has 0 aliphatic carbocycles. The summed E-state index contributed by atoms with van der Waals surface area (Å²) in [6.45, 7) is 4.08. The molecule has 1 aromatic carbocycles. The largest absolute Gasteiger partial charge is 0.381 e. The van der Waals surface area contributed by atoms with E-state index in [9.17, 15) is 13.2 Å². The molecule has 0 unspecified atom stereocenters. The molecule has 2 rings (SSSR count). The van der Waals surface area contributed by atoms with Gasteiger partial charge in [-0.2, -0.15) is 0 Å². The third-order valence-corrected chi connectivity index (χ3v) is 7.31. The molecule has 1 aliphatic heterocycles. The van der Waals surface area contributed by atoms with Gasteiger partial charge in [-0.15, -0.1) is 0 Å². The van der Waals surface area contributed by atoms with Crippen LogP contribution in [0.25, 0.3) is 0 Å². The summed E-state index contributed by atoms with van der Waals surface area (Å²) >= 11 is 0. The minimum atomic E-state index is -3.93. The lowest BCUT2D eigenvalue weighted by atomic mass is 9.95. The van der Waals surface area contributed by atoms with Crippen molar-refractivity contribution in [2.75, 3.05) is 33.4 Å². The lowest BCUT2D eigenvalue weighted by Crippen LogP contribution is -2.57. The van der Waals surface area contributed by atoms with E-state index in [1.165, 1.54) is 12.1 Å². The smallest absolute Gasteiger partial charge is 0.265 e. The Kier molecular flexibility index (Phi) is 6.56. The monoisotopic (exact) mass is 370 g/mol. The van der Waals surface area contributed by atoms with E-state index in [0.717, 1.165) is 5.56 Å². The highest BCUT2D eigenvalue weighted by Gasteiger charge is 2.52. The van der Waals surface area contributed by atoms with Crippen LogP contribution >= 0.6 is 0 Å². The maximum absolute atomic E-state index is 13.2. The zero-order chi connectivity index (χ0) is 18.5. The lowest BCUT2D eigenvalue weighted by molar-refractivity contribution is -0.133. The Bertz CT molecular complexity index is 679. The number of hydroxylamine groups is 1. The number of likely N-dealkylation sites (tertiary alicyclic amines) is 1. The van der Waals surface area contributed by atoms with Gasteiger partial charge < -0.3 is 9.64 Å². The summed E-state index contributed by atoms with van der Waals surface area (Å²) in [7, 11) is -2.05. The van der Waals surface area contributed by atoms with Crippen molar-refractivity contribution in [1.29, 1.82) is 0 Å². The van der Waals surface area contributed by atoms with Crippen LogP contribution in [-0.4, -0.2) is 62.5 Å². The van der Waals surface area contributed by atoms with Crippen LogP contribution in [0, 0.1) is 0 Å². The second kappa shape index (κ2) is 8.27. The minimum Gasteiger partial charge on any atom is -0.381 e. The first kappa shape index (κ1) is 19.8. The van der Waals surface area contributed by atoms with Gasteiger partial charge in [0.25, 0.3) is 5.91 Å². The summed E-state index contributed by atoms with van der Waals surface area (Å²) in [6.07, 6.45) is 0.982. The molecule has 2 N–H and O–H groups in total. The van der Waals surface area contributed by atoms with E-state index < -0.39 is 20.5 Å². The number of nitrogens with one attached hydrogen (secondary N) is 1. The van der Waals surface area contributed by atoms with Gasteiger partial charge in [0, 0.05) is 6.61 Å². The molecule has 0 spiro atoms. The third-order valence-electron chi connectivity index (χ3n) is 4.80. The highest BCUT2D eigenvalue weighted by atomic mass is 32.2. The molecular formula is C17H26N2O5S. The number of sulfone groups is 1. The van der Waals surface area contributed by atoms with E-state index >= 15 is 0 Å². The van der Waals surface area contributed by atoms with Crippen molar-refractivity contribution < 1.29 is 23.2 Å². The van der Waals surface area contributed by atoms with Gasteiger partial charge in [-0.05, 0) is 64.0 Å². The number of hydrogen-bond acceptors (Lipinski definition) is 6. The zero-order valence-corrected chi connectivity index (χ0v) is 15.5. The second-order valence-electron chi connectivity index (χ2n) is 6.33. The molecule has 0 bridgehead atoms. The van der Waals surface area contributed by atoms with Gasteiger partial charge in [0.2, 0.25) is 0 Å². The molecule has 7 nitrogen and oxygen atoms in total. The van der Waals surface area contributed by atoms with E-state index in [-0.39, 0.29) is 17.7 Å². The molecule has 0 atom stereocenters. The molecule has 0 aromatic heterocycles. The van der Waals surface area contributed by atoms with Crippen molar-refractivity contribution in [3.05, 3.63) is 29.8 Å². The summed E-state index contributed by atoms with van der Waals surface area (Å²) in [5.74, 6) is -0.860. The molecule has 1 fully saturated rings. The maximum Gasteiger partial charge on any atom is 0.265 e. The number of nitrogens with zero attached hydrogens (tertiary/aromatic N) is 1. The third kappa shape index (κ3) is 4.03. The minimum absolute atomic E-state index is 0.0980. The van der Waals surface area contributed by atoms with Crippen molar-refractivity contribution in [2.45, 2.75) is 35.8 Å². The molecule has 140 valence electrons. The molecule has 1 aliphatic rings. The van der Waals surface area contributed by atoms with E-state index in [4.69, 9.17) is 9.94 Å². The molecule has 0 radical (unpaired) electrons. The van der Waals surface area contributed by atoms with Crippen molar-refractivity contribution >= 4 is 15.7 Å². The first-order valence-electron chi connectivity index (χ1n) is 8.42. The maximum atomic E-state index is 13.2. The van der Waals surface area contributed by atoms with Crippen LogP contribution in [-0.2, 0) is 25.8 Å². The average molecular weight is 370 g/mol. The van der Waals surface area contributed by atoms with Crippen LogP contribution < -0.4 is 5.48 Å². The fraction of sp³-hybridized carbons (Fsp3) is 0.588. The fourth-order valence-electron chi connectivity index (χ4n) is 3.09. The quantitative estimate of drug-likeness (QED) is 0.422. The first-order valence-corrected chi connectivity index (χ1v) is 9.90. The number of carbonyl (C=O) groups excluding carboxylic acids is 1. The Morgan fingerprint density at radius 1 is 1.28 bits per heavy atom. The zero-order valence-electron chi connectivity index (χ0n) is 14.7. The summed E-state index contributed by atoms with van der Waals surface area (Å²) in [4.78, 5) is 14.3. The number of hydrogen-bond donors (Lipinski definition) is 2. The van der Waals surface area contributed by atoms with Gasteiger partial charge in [-0.1, -0.05) is 12.1 Å². The Balaban J connectivity index is 2.29. The fourth-order valence-corrected chi connectivity index (χ4v) is 5.05. The van der Waals surface area contributed by atoms with Crippen LogP contribution in [0.15, 0.2) is 29.2 Å². The highest BCUT2D eigenvalue weighted by molar-refractivity contribution is 7.93. The molecule has 25 heavy (non-hydrogen) atoms. The molecule has 1 heterocycles. The number of piperidine rings is 1. The summed E-state index contributed by atoms with van der Waals surface area (Å²) in [5, 5.41) is 9.10. The number of carbonyl (C=O) groups is 1. The Morgan fingerprint density at radius 2 is 1.88 bits per heavy atom. The summed E-state index contributed by atoms with van der Waals surface area (Å²) in [5.41, 5.74) is 2.53. The van der Waals surface area contributed by atoms with E-state index in [2.05, 4.69) is 0 Å². The van der Waals surface area contributed by atoms with Crippen LogP contribution in [0.4, 0.5) is 0 Å². The topological polar surface area (TPSA) is 95.9 Å². The van der Waals surface area contributed by atoms with E-state index in [0.29, 0.717) is 32.7 Å². The average Bonchev–Trinajstić information content (AvgIpc) is 2.62. The first-order chi connectivity index (χ1) is 11.9. The molecule has 1 saturated heterocycles. The summed E-state index contributed by atoms with van der Waals surface area (Å²) in [6, 6.07) is 6.54. The van der Waals surface area contributed by atoms with Crippen LogP contribution in [0.2, 0.25) is 0 Å². The Hall–Kier alpha value is -1.48. The normalized spacial score (nSPS) is 18.0. The lowest BCUT2D eigenvalue weighted by Gasteiger charge is -2.38.